The normalized spacial score (nSPS) is 11.2. The molecule has 0 bridgehead atoms. The molecule has 2 aromatic heterocycles. The minimum absolute atomic E-state index is 0.0581. The first-order valence-electron chi connectivity index (χ1n) is 6.16. The zero-order chi connectivity index (χ0) is 14.0. The van der Waals surface area contributed by atoms with Gasteiger partial charge in [-0.25, -0.2) is 4.98 Å². The monoisotopic (exact) mass is 262 g/mol. The summed E-state index contributed by atoms with van der Waals surface area (Å²) in [6.07, 6.45) is 1.83. The molecule has 0 aliphatic rings. The van der Waals surface area contributed by atoms with Crippen LogP contribution in [0.3, 0.4) is 0 Å². The summed E-state index contributed by atoms with van der Waals surface area (Å²) in [6, 6.07) is 5.65. The molecule has 0 radical (unpaired) electrons. The van der Waals surface area contributed by atoms with Crippen LogP contribution in [0.4, 0.5) is 5.82 Å². The van der Waals surface area contributed by atoms with Crippen LogP contribution in [0.2, 0.25) is 0 Å². The number of aliphatic hydroxyl groups excluding tert-OH is 1. The summed E-state index contributed by atoms with van der Waals surface area (Å²) in [5, 5.41) is 9.57. The minimum atomic E-state index is -0.422. The highest BCUT2D eigenvalue weighted by Gasteiger charge is 2.21. The molecule has 0 aliphatic carbocycles. The van der Waals surface area contributed by atoms with Crippen molar-refractivity contribution in [2.45, 2.75) is 26.5 Å². The lowest BCUT2D eigenvalue weighted by atomic mass is 10.3. The van der Waals surface area contributed by atoms with E-state index >= 15 is 0 Å². The molecule has 19 heavy (non-hydrogen) atoms. The number of hydrogen-bond acceptors (Lipinski definition) is 4. The van der Waals surface area contributed by atoms with Gasteiger partial charge in [0.15, 0.2) is 5.82 Å². The van der Waals surface area contributed by atoms with Crippen molar-refractivity contribution in [2.24, 2.45) is 5.73 Å². The van der Waals surface area contributed by atoms with Gasteiger partial charge in [-0.3, -0.25) is 9.20 Å². The summed E-state index contributed by atoms with van der Waals surface area (Å²) >= 11 is 0. The third-order valence-electron chi connectivity index (χ3n) is 2.98. The lowest BCUT2D eigenvalue weighted by Crippen LogP contribution is -2.39. The number of anilines is 1. The van der Waals surface area contributed by atoms with Gasteiger partial charge in [0.1, 0.15) is 5.65 Å². The number of hydrogen-bond donors (Lipinski definition) is 2. The first kappa shape index (κ1) is 13.4. The number of aromatic nitrogens is 2. The fourth-order valence-electron chi connectivity index (χ4n) is 2.08. The van der Waals surface area contributed by atoms with Crippen LogP contribution in [-0.2, 0) is 11.4 Å². The summed E-state index contributed by atoms with van der Waals surface area (Å²) in [6.45, 7) is 3.83. The number of carbonyl (C=O) groups is 1. The molecule has 0 saturated heterocycles. The summed E-state index contributed by atoms with van der Waals surface area (Å²) < 4.78 is 1.81. The number of amides is 1. The number of nitrogens with zero attached hydrogens (tertiary/aromatic N) is 3. The van der Waals surface area contributed by atoms with E-state index in [4.69, 9.17) is 5.73 Å². The summed E-state index contributed by atoms with van der Waals surface area (Å²) in [5.41, 5.74) is 6.67. The van der Waals surface area contributed by atoms with Gasteiger partial charge in [-0.1, -0.05) is 6.07 Å². The number of nitrogens with two attached hydrogens (primary N) is 1. The molecule has 2 heterocycles. The van der Waals surface area contributed by atoms with Gasteiger partial charge in [-0.2, -0.15) is 0 Å². The van der Waals surface area contributed by atoms with Gasteiger partial charge < -0.3 is 15.7 Å². The van der Waals surface area contributed by atoms with Crippen molar-refractivity contribution in [3.05, 3.63) is 30.1 Å². The molecule has 0 unspecified atom stereocenters. The van der Waals surface area contributed by atoms with Crippen molar-refractivity contribution in [2.75, 3.05) is 11.4 Å². The van der Waals surface area contributed by atoms with Crippen molar-refractivity contribution in [3.8, 4) is 0 Å². The topological polar surface area (TPSA) is 83.9 Å². The summed E-state index contributed by atoms with van der Waals surface area (Å²) in [7, 11) is 0. The molecule has 2 aromatic rings. The molecule has 0 fully saturated rings. The fourth-order valence-corrected chi connectivity index (χ4v) is 2.08. The maximum absolute atomic E-state index is 11.2. The van der Waals surface area contributed by atoms with Gasteiger partial charge in [-0.15, -0.1) is 0 Å². The van der Waals surface area contributed by atoms with E-state index < -0.39 is 5.91 Å². The molecule has 6 nitrogen and oxygen atoms in total. The predicted molar refractivity (Wildman–Crippen MR) is 72.8 cm³/mol. The van der Waals surface area contributed by atoms with Gasteiger partial charge in [0.25, 0.3) is 0 Å². The first-order chi connectivity index (χ1) is 9.04. The molecule has 0 spiro atoms. The van der Waals surface area contributed by atoms with E-state index in [0.717, 1.165) is 5.65 Å². The van der Waals surface area contributed by atoms with Gasteiger partial charge in [0.05, 0.1) is 18.8 Å². The van der Waals surface area contributed by atoms with Crippen LogP contribution in [0.5, 0.6) is 0 Å². The molecule has 6 heteroatoms. The number of fused-ring (bicyclic) bond motifs is 1. The van der Waals surface area contributed by atoms with Gasteiger partial charge in [0.2, 0.25) is 5.91 Å². The van der Waals surface area contributed by atoms with Crippen LogP contribution in [0.15, 0.2) is 24.4 Å². The SMILES string of the molecule is CC(C)N(CC(N)=O)c1nc2ccccn2c1CO. The van der Waals surface area contributed by atoms with E-state index in [2.05, 4.69) is 4.98 Å². The van der Waals surface area contributed by atoms with Crippen molar-refractivity contribution < 1.29 is 9.90 Å². The molecule has 0 aromatic carbocycles. The standard InChI is InChI=1S/C13H18N4O2/c1-9(2)17(7-11(14)19)13-10(8-18)16-6-4-3-5-12(16)15-13/h3-6,9,18H,7-8H2,1-2H3,(H2,14,19). The van der Waals surface area contributed by atoms with Gasteiger partial charge >= 0.3 is 0 Å². The zero-order valence-corrected chi connectivity index (χ0v) is 11.1. The minimum Gasteiger partial charge on any atom is -0.390 e. The second-order valence-corrected chi connectivity index (χ2v) is 4.66. The Hall–Kier alpha value is -2.08. The second-order valence-electron chi connectivity index (χ2n) is 4.66. The Morgan fingerprint density at radius 1 is 1.53 bits per heavy atom. The first-order valence-corrected chi connectivity index (χ1v) is 6.16. The molecule has 1 amide bonds. The largest absolute Gasteiger partial charge is 0.390 e. The number of aliphatic hydroxyl groups is 1. The summed E-state index contributed by atoms with van der Waals surface area (Å²) in [4.78, 5) is 17.5. The third kappa shape index (κ3) is 2.53. The van der Waals surface area contributed by atoms with Crippen molar-refractivity contribution >= 4 is 17.4 Å². The van der Waals surface area contributed by atoms with E-state index in [1.165, 1.54) is 0 Å². The van der Waals surface area contributed by atoms with Crippen molar-refractivity contribution in [1.82, 2.24) is 9.38 Å². The van der Waals surface area contributed by atoms with E-state index in [1.807, 2.05) is 42.6 Å². The number of carbonyl (C=O) groups excluding carboxylic acids is 1. The Kier molecular flexibility index (Phi) is 3.71. The van der Waals surface area contributed by atoms with Crippen molar-refractivity contribution in [1.29, 1.82) is 0 Å². The van der Waals surface area contributed by atoms with Crippen LogP contribution >= 0.6 is 0 Å². The quantitative estimate of drug-likeness (QED) is 0.823. The molecular formula is C13H18N4O2. The maximum atomic E-state index is 11.2. The van der Waals surface area contributed by atoms with Gasteiger partial charge in [0, 0.05) is 12.2 Å². The molecule has 3 N–H and O–H groups in total. The number of pyridine rings is 1. The number of primary amides is 1. The zero-order valence-electron chi connectivity index (χ0n) is 11.1. The van der Waals surface area contributed by atoms with Crippen LogP contribution < -0.4 is 10.6 Å². The number of imidazole rings is 1. The average Bonchev–Trinajstić information content (AvgIpc) is 2.73. The predicted octanol–water partition coefficient (Wildman–Crippen LogP) is 0.527. The average molecular weight is 262 g/mol. The lowest BCUT2D eigenvalue weighted by molar-refractivity contribution is -0.116. The highest BCUT2D eigenvalue weighted by atomic mass is 16.3. The van der Waals surface area contributed by atoms with Crippen LogP contribution in [0.1, 0.15) is 19.5 Å². The highest BCUT2D eigenvalue weighted by molar-refractivity contribution is 5.79. The molecule has 2 rings (SSSR count). The lowest BCUT2D eigenvalue weighted by Gasteiger charge is -2.26. The highest BCUT2D eigenvalue weighted by Crippen LogP contribution is 2.23. The fraction of sp³-hybridized carbons (Fsp3) is 0.385. The Morgan fingerprint density at radius 2 is 2.26 bits per heavy atom. The van der Waals surface area contributed by atoms with E-state index in [9.17, 15) is 9.90 Å². The van der Waals surface area contributed by atoms with Crippen molar-refractivity contribution in [3.63, 3.8) is 0 Å². The van der Waals surface area contributed by atoms with Gasteiger partial charge in [-0.05, 0) is 26.0 Å². The Bertz CT molecular complexity index is 591. The molecular weight excluding hydrogens is 244 g/mol. The van der Waals surface area contributed by atoms with E-state index in [1.54, 1.807) is 4.90 Å². The second kappa shape index (κ2) is 5.27. The smallest absolute Gasteiger partial charge is 0.237 e. The molecule has 0 atom stereocenters. The summed E-state index contributed by atoms with van der Waals surface area (Å²) in [5.74, 6) is 0.178. The maximum Gasteiger partial charge on any atom is 0.237 e. The molecule has 0 aliphatic heterocycles. The Morgan fingerprint density at radius 3 is 2.84 bits per heavy atom. The molecule has 102 valence electrons. The van der Waals surface area contributed by atoms with E-state index in [-0.39, 0.29) is 19.2 Å². The Labute approximate surface area is 111 Å². The number of rotatable bonds is 5. The molecule has 0 saturated carbocycles. The third-order valence-corrected chi connectivity index (χ3v) is 2.98. The van der Waals surface area contributed by atoms with Crippen LogP contribution in [0.25, 0.3) is 5.65 Å². The van der Waals surface area contributed by atoms with Crippen LogP contribution in [-0.4, -0.2) is 33.0 Å². The Balaban J connectivity index is 2.55. The van der Waals surface area contributed by atoms with Crippen LogP contribution in [0, 0.1) is 0 Å². The van der Waals surface area contributed by atoms with E-state index in [0.29, 0.717) is 11.5 Å².